The van der Waals surface area contributed by atoms with E-state index >= 15 is 0 Å². The standard InChI is InChI=1S/C19H15NO4S2/c1-22-14-4-2-3-12(7-14)9-17-18(21)20(19(25)26-17)10-13-5-6-15-16(8-13)24-11-23-15/h2-9H,10-11H2,1H3. The van der Waals surface area contributed by atoms with Crippen LogP contribution in [0.5, 0.6) is 17.2 Å². The molecule has 26 heavy (non-hydrogen) atoms. The minimum atomic E-state index is -0.0968. The first kappa shape index (κ1) is 16.9. The molecule has 2 aliphatic heterocycles. The van der Waals surface area contributed by atoms with Crippen molar-refractivity contribution < 1.29 is 19.0 Å². The lowest BCUT2D eigenvalue weighted by atomic mass is 10.1. The van der Waals surface area contributed by atoms with E-state index in [1.54, 1.807) is 12.0 Å². The first-order valence-corrected chi connectivity index (χ1v) is 9.14. The highest BCUT2D eigenvalue weighted by Crippen LogP contribution is 2.36. The van der Waals surface area contributed by atoms with Crippen molar-refractivity contribution in [2.24, 2.45) is 0 Å². The van der Waals surface area contributed by atoms with Gasteiger partial charge in [-0.2, -0.15) is 0 Å². The van der Waals surface area contributed by atoms with Gasteiger partial charge in [0.1, 0.15) is 10.1 Å². The molecule has 0 N–H and O–H groups in total. The highest BCUT2D eigenvalue weighted by atomic mass is 32.2. The summed E-state index contributed by atoms with van der Waals surface area (Å²) in [7, 11) is 1.62. The van der Waals surface area contributed by atoms with Gasteiger partial charge >= 0.3 is 0 Å². The third kappa shape index (κ3) is 3.27. The Kier molecular flexibility index (Phi) is 4.57. The summed E-state index contributed by atoms with van der Waals surface area (Å²) < 4.78 is 16.5. The molecule has 1 fully saturated rings. The number of nitrogens with zero attached hydrogens (tertiary/aromatic N) is 1. The zero-order valence-corrected chi connectivity index (χ0v) is 15.6. The van der Waals surface area contributed by atoms with Gasteiger partial charge in [0.2, 0.25) is 6.79 Å². The van der Waals surface area contributed by atoms with E-state index in [0.29, 0.717) is 21.5 Å². The van der Waals surface area contributed by atoms with E-state index in [-0.39, 0.29) is 12.7 Å². The third-order valence-corrected chi connectivity index (χ3v) is 5.42. The highest BCUT2D eigenvalue weighted by Gasteiger charge is 2.32. The number of methoxy groups -OCH3 is 1. The number of thioether (sulfide) groups is 1. The third-order valence-electron chi connectivity index (χ3n) is 4.04. The summed E-state index contributed by atoms with van der Waals surface area (Å²) in [5, 5.41) is 0. The number of hydrogen-bond acceptors (Lipinski definition) is 6. The van der Waals surface area contributed by atoms with Gasteiger partial charge in [0.15, 0.2) is 11.5 Å². The molecule has 132 valence electrons. The summed E-state index contributed by atoms with van der Waals surface area (Å²) in [6.45, 7) is 0.625. The van der Waals surface area contributed by atoms with E-state index in [4.69, 9.17) is 26.4 Å². The summed E-state index contributed by atoms with van der Waals surface area (Å²) in [5.41, 5.74) is 1.83. The molecule has 5 nitrogen and oxygen atoms in total. The molecule has 0 bridgehead atoms. The average Bonchev–Trinajstić information content (AvgIpc) is 3.22. The van der Waals surface area contributed by atoms with E-state index in [0.717, 1.165) is 22.6 Å². The highest BCUT2D eigenvalue weighted by molar-refractivity contribution is 8.26. The molecule has 2 heterocycles. The molecule has 2 aromatic carbocycles. The Bertz CT molecular complexity index is 926. The Hall–Kier alpha value is -2.51. The Morgan fingerprint density at radius 2 is 2.08 bits per heavy atom. The van der Waals surface area contributed by atoms with Crippen LogP contribution < -0.4 is 14.2 Å². The van der Waals surface area contributed by atoms with Gasteiger partial charge in [-0.1, -0.05) is 42.2 Å². The number of carbonyl (C=O) groups is 1. The van der Waals surface area contributed by atoms with Gasteiger partial charge in [-0.3, -0.25) is 9.69 Å². The summed E-state index contributed by atoms with van der Waals surface area (Å²) in [5.74, 6) is 2.06. The molecule has 0 spiro atoms. The van der Waals surface area contributed by atoms with E-state index in [9.17, 15) is 4.79 Å². The number of rotatable bonds is 4. The maximum atomic E-state index is 12.8. The van der Waals surface area contributed by atoms with E-state index in [2.05, 4.69) is 0 Å². The molecule has 4 rings (SSSR count). The molecule has 0 atom stereocenters. The van der Waals surface area contributed by atoms with Crippen LogP contribution in [0.3, 0.4) is 0 Å². The molecule has 0 aliphatic carbocycles. The fourth-order valence-electron chi connectivity index (χ4n) is 2.74. The molecular weight excluding hydrogens is 370 g/mol. The second kappa shape index (κ2) is 7.01. The second-order valence-electron chi connectivity index (χ2n) is 5.73. The van der Waals surface area contributed by atoms with Crippen molar-refractivity contribution in [3.05, 3.63) is 58.5 Å². The van der Waals surface area contributed by atoms with E-state index in [1.165, 1.54) is 11.8 Å². The molecule has 2 aliphatic rings. The number of fused-ring (bicyclic) bond motifs is 1. The monoisotopic (exact) mass is 385 g/mol. The number of amides is 1. The van der Waals surface area contributed by atoms with Crippen molar-refractivity contribution in [1.82, 2.24) is 4.90 Å². The number of thiocarbonyl (C=S) groups is 1. The normalized spacial score (nSPS) is 17.3. The minimum absolute atomic E-state index is 0.0968. The number of ether oxygens (including phenoxy) is 3. The molecule has 1 saturated heterocycles. The average molecular weight is 385 g/mol. The van der Waals surface area contributed by atoms with Crippen LogP contribution in [0.4, 0.5) is 0 Å². The Labute approximate surface area is 160 Å². The number of benzene rings is 2. The molecule has 1 amide bonds. The Balaban J connectivity index is 1.54. The van der Waals surface area contributed by atoms with Gasteiger partial charge in [0.05, 0.1) is 18.6 Å². The zero-order chi connectivity index (χ0) is 18.1. The summed E-state index contributed by atoms with van der Waals surface area (Å²) in [6.07, 6.45) is 1.83. The lowest BCUT2D eigenvalue weighted by Crippen LogP contribution is -2.27. The van der Waals surface area contributed by atoms with Crippen molar-refractivity contribution in [3.63, 3.8) is 0 Å². The van der Waals surface area contributed by atoms with Crippen molar-refractivity contribution >= 4 is 40.3 Å². The Morgan fingerprint density at radius 3 is 2.92 bits per heavy atom. The first-order valence-electron chi connectivity index (χ1n) is 7.92. The van der Waals surface area contributed by atoms with Crippen LogP contribution in [0.1, 0.15) is 11.1 Å². The molecule has 0 saturated carbocycles. The Morgan fingerprint density at radius 1 is 1.23 bits per heavy atom. The fraction of sp³-hybridized carbons (Fsp3) is 0.158. The lowest BCUT2D eigenvalue weighted by Gasteiger charge is -2.14. The molecule has 7 heteroatoms. The SMILES string of the molecule is COc1cccc(C=C2SC(=S)N(Cc3ccc4c(c3)OCO4)C2=O)c1. The molecular formula is C19H15NO4S2. The summed E-state index contributed by atoms with van der Waals surface area (Å²) >= 11 is 6.71. The van der Waals surface area contributed by atoms with Crippen LogP contribution in [0, 0.1) is 0 Å². The van der Waals surface area contributed by atoms with Crippen molar-refractivity contribution in [2.75, 3.05) is 13.9 Å². The van der Waals surface area contributed by atoms with Gasteiger partial charge in [0.25, 0.3) is 5.91 Å². The number of hydrogen-bond donors (Lipinski definition) is 0. The maximum absolute atomic E-state index is 12.8. The van der Waals surface area contributed by atoms with Crippen LogP contribution in [0.25, 0.3) is 6.08 Å². The molecule has 0 aromatic heterocycles. The number of carbonyl (C=O) groups excluding carboxylic acids is 1. The van der Waals surface area contributed by atoms with E-state index in [1.807, 2.05) is 48.5 Å². The minimum Gasteiger partial charge on any atom is -0.497 e. The van der Waals surface area contributed by atoms with Crippen LogP contribution >= 0.6 is 24.0 Å². The van der Waals surface area contributed by atoms with Crippen molar-refractivity contribution in [1.29, 1.82) is 0 Å². The maximum Gasteiger partial charge on any atom is 0.266 e. The van der Waals surface area contributed by atoms with Gasteiger partial charge in [0, 0.05) is 0 Å². The largest absolute Gasteiger partial charge is 0.497 e. The fourth-order valence-corrected chi connectivity index (χ4v) is 4.00. The van der Waals surface area contributed by atoms with Crippen LogP contribution in [-0.2, 0) is 11.3 Å². The van der Waals surface area contributed by atoms with Gasteiger partial charge in [-0.25, -0.2) is 0 Å². The predicted octanol–water partition coefficient (Wildman–Crippen LogP) is 3.83. The van der Waals surface area contributed by atoms with Gasteiger partial charge in [-0.15, -0.1) is 0 Å². The van der Waals surface area contributed by atoms with E-state index < -0.39 is 0 Å². The topological polar surface area (TPSA) is 48.0 Å². The summed E-state index contributed by atoms with van der Waals surface area (Å²) in [4.78, 5) is 15.0. The van der Waals surface area contributed by atoms with Gasteiger partial charge in [-0.05, 0) is 41.5 Å². The zero-order valence-electron chi connectivity index (χ0n) is 13.9. The van der Waals surface area contributed by atoms with Gasteiger partial charge < -0.3 is 14.2 Å². The van der Waals surface area contributed by atoms with Crippen molar-refractivity contribution in [2.45, 2.75) is 6.54 Å². The summed E-state index contributed by atoms with van der Waals surface area (Å²) in [6, 6.07) is 13.2. The predicted molar refractivity (Wildman–Crippen MR) is 104 cm³/mol. The van der Waals surface area contributed by atoms with Crippen molar-refractivity contribution in [3.8, 4) is 17.2 Å². The first-order chi connectivity index (χ1) is 12.6. The van der Waals surface area contributed by atoms with Crippen LogP contribution in [-0.4, -0.2) is 29.0 Å². The quantitative estimate of drug-likeness (QED) is 0.589. The molecule has 0 radical (unpaired) electrons. The molecule has 0 unspecified atom stereocenters. The van der Waals surface area contributed by atoms with Crippen LogP contribution in [0.15, 0.2) is 47.4 Å². The lowest BCUT2D eigenvalue weighted by molar-refractivity contribution is -0.122. The van der Waals surface area contributed by atoms with Crippen LogP contribution in [0.2, 0.25) is 0 Å². The molecule has 2 aromatic rings. The smallest absolute Gasteiger partial charge is 0.266 e. The second-order valence-corrected chi connectivity index (χ2v) is 7.41.